The van der Waals surface area contributed by atoms with Crippen LogP contribution in [0.4, 0.5) is 4.79 Å². The summed E-state index contributed by atoms with van der Waals surface area (Å²) in [5, 5.41) is 79.1. The minimum absolute atomic E-state index is 0.0124. The Kier molecular flexibility index (Phi) is 44.4. The van der Waals surface area contributed by atoms with Crippen molar-refractivity contribution in [2.75, 3.05) is 51.8 Å². The Morgan fingerprint density at radius 2 is 0.882 bits per heavy atom. The van der Waals surface area contributed by atoms with Gasteiger partial charge in [0.25, 0.3) is 0 Å². The normalized spacial score (nSPS) is 22.3. The van der Waals surface area contributed by atoms with E-state index in [-0.39, 0.29) is 88.1 Å². The van der Waals surface area contributed by atoms with E-state index in [0.717, 1.165) is 20.9 Å². The molecule has 0 aliphatic carbocycles. The van der Waals surface area contributed by atoms with Gasteiger partial charge in [-0.1, -0.05) is 187 Å². The molecular weight excluding hydrogens is 1880 g/mol. The van der Waals surface area contributed by atoms with Crippen molar-refractivity contribution >= 4 is 135 Å². The number of likely N-dealkylation sites (N-methyl/N-ethyl adjacent to an activating group) is 2. The van der Waals surface area contributed by atoms with Gasteiger partial charge in [-0.3, -0.25) is 86.9 Å². The summed E-state index contributed by atoms with van der Waals surface area (Å²) >= 11 is 0.703. The number of aromatic hydroxyl groups is 1. The van der Waals surface area contributed by atoms with Gasteiger partial charge in [0.1, 0.15) is 90.3 Å². The number of aliphatic hydroxyl groups excluding tert-OH is 1. The van der Waals surface area contributed by atoms with Crippen LogP contribution in [0.15, 0.2) is 170 Å². The molecule has 2 heterocycles. The third kappa shape index (κ3) is 35.9. The number of H-pyrrole nitrogens is 1. The number of nitrogens with one attached hydrogen (secondary N) is 17. The van der Waals surface area contributed by atoms with E-state index in [4.69, 9.17) is 22.6 Å². The minimum atomic E-state index is -2.09. The van der Waals surface area contributed by atoms with Gasteiger partial charge in [0, 0.05) is 82.1 Å². The van der Waals surface area contributed by atoms with Gasteiger partial charge in [-0.2, -0.15) is 0 Å². The van der Waals surface area contributed by atoms with Gasteiger partial charge in [0.15, 0.2) is 5.96 Å². The predicted molar refractivity (Wildman–Crippen MR) is 536 cm³/mol. The zero-order valence-electron chi connectivity index (χ0n) is 81.7. The molecule has 0 bridgehead atoms. The lowest BCUT2D eigenvalue weighted by molar-refractivity contribution is -0.148. The maximum absolute atomic E-state index is 15.6. The van der Waals surface area contributed by atoms with E-state index in [1.807, 2.05) is 30.3 Å². The molecule has 44 heteroatoms. The summed E-state index contributed by atoms with van der Waals surface area (Å²) in [7, 11) is 2.55. The van der Waals surface area contributed by atoms with E-state index in [1.165, 1.54) is 59.1 Å². The molecule has 774 valence electrons. The zero-order chi connectivity index (χ0) is 106. The van der Waals surface area contributed by atoms with Gasteiger partial charge in [-0.05, 0) is 114 Å². The molecule has 1 aliphatic rings. The van der Waals surface area contributed by atoms with Crippen LogP contribution in [0.25, 0.3) is 22.0 Å². The number of urea groups is 1. The van der Waals surface area contributed by atoms with Crippen molar-refractivity contribution in [3.63, 3.8) is 0 Å². The number of aromatic amines is 1. The number of primary amides is 2. The molecule has 0 saturated carbocycles. The molecule has 6 aromatic carbocycles. The van der Waals surface area contributed by atoms with Crippen LogP contribution in [0, 0.1) is 23.2 Å². The van der Waals surface area contributed by atoms with E-state index in [2.05, 4.69) is 84.7 Å². The number of benzene rings is 6. The molecule has 0 unspecified atom stereocenters. The monoisotopic (exact) mass is 2010 g/mol. The average Bonchev–Trinajstić information content (AvgIpc) is 1.78. The first-order chi connectivity index (χ1) is 68.5. The van der Waals surface area contributed by atoms with Crippen molar-refractivity contribution < 1.29 is 102 Å². The van der Waals surface area contributed by atoms with Crippen LogP contribution >= 0.6 is 11.8 Å². The lowest BCUT2D eigenvalue weighted by atomic mass is 9.98. The molecular formula is C100H132N22O21S. The van der Waals surface area contributed by atoms with E-state index in [9.17, 15) is 53.7 Å². The highest BCUT2D eigenvalue weighted by Crippen LogP contribution is 2.25. The van der Waals surface area contributed by atoms with Crippen LogP contribution in [-0.4, -0.2) is 279 Å². The molecule has 43 nitrogen and oxygen atoms in total. The number of hydrogen-bond acceptors (Lipinski definition) is 22. The standard InChI is InChI=1S/C100H132N22O21S/c1-55(2)43-71-91(135)119-84(57(5)6)96(140)117-77(52-123)93(137)118-78(85(129)108-51-80(101)125)53-144-54-81(126)109-72(44-59-23-13-10-14-24-59)87(131)113-73(46-62-35-39-66(124)40-36-62)89(133)115-76(49-82(127)128)90(134)114-75(48-65-50-107-68-30-20-19-29-67(65)68)92(136)120-83(56(3)4)95(139)116-74(45-61-33-37-64(38-34-61)63-27-17-12-18-28-63)88(132)111-70(32-22-42-106-100(104)143)98(142)121(8)58(7)97(141)122(9)79(47-60-25-15-11-16-26-60)94(138)110-69(86(130)112-71)31-21-41-105-99(102)103/h10-20,23-30,33-40,50,55-58,69-79,83-84,107,123-124H,21-22,31-32,41-49,51-54H2,1-9H3,(H2,101,125)(H,108,129)(H,109,126)(H,110,138)(H,111,132)(H,112,130)(H,113,131)(H,114,134)(H,115,133)(H,116,139)(H,117,140)(H,118,137)(H,119,135)(H,120,136)(H,127,128)(H4,102,103,105)(H3,104,106,143)/t58-,69-,70-,71-,72-,73-,74-,75-,76-,77-,78-,79-,83-,84-/m0/s1. The van der Waals surface area contributed by atoms with Crippen LogP contribution in [-0.2, 0) is 114 Å². The third-order valence-corrected chi connectivity index (χ3v) is 25.0. The fourth-order valence-electron chi connectivity index (χ4n) is 15.9. The molecule has 1 aliphatic heterocycles. The Balaban J connectivity index is 1.24. The van der Waals surface area contributed by atoms with Gasteiger partial charge < -0.3 is 127 Å². The first kappa shape index (κ1) is 114. The summed E-state index contributed by atoms with van der Waals surface area (Å²) in [5.41, 5.74) is 20.8. The first-order valence-corrected chi connectivity index (χ1v) is 48.4. The van der Waals surface area contributed by atoms with Crippen molar-refractivity contribution in [1.82, 2.24) is 94.5 Å². The molecule has 7 aromatic rings. The summed E-state index contributed by atoms with van der Waals surface area (Å²) in [6.07, 6.45) is -1.84. The highest BCUT2D eigenvalue weighted by molar-refractivity contribution is 8.00. The lowest BCUT2D eigenvalue weighted by Crippen LogP contribution is -2.62. The zero-order valence-corrected chi connectivity index (χ0v) is 82.5. The molecule has 18 amide bonds. The van der Waals surface area contributed by atoms with Crippen LogP contribution in [0.5, 0.6) is 5.75 Å². The average molecular weight is 2010 g/mol. The number of rotatable bonds is 29. The molecule has 1 saturated heterocycles. The van der Waals surface area contributed by atoms with Gasteiger partial charge in [-0.25, -0.2) is 4.79 Å². The quantitative estimate of drug-likeness (QED) is 0.0159. The second kappa shape index (κ2) is 56.2. The van der Waals surface area contributed by atoms with Gasteiger partial charge in [-0.15, -0.1) is 11.8 Å². The number of aromatic nitrogens is 1. The van der Waals surface area contributed by atoms with Crippen molar-refractivity contribution in [1.29, 1.82) is 5.41 Å². The number of phenols is 1. The van der Waals surface area contributed by atoms with E-state index >= 15 is 47.9 Å². The third-order valence-electron chi connectivity index (χ3n) is 23.9. The number of hydrogen-bond donors (Lipinski definition) is 23. The highest BCUT2D eigenvalue weighted by Gasteiger charge is 2.42. The maximum atomic E-state index is 15.6. The smallest absolute Gasteiger partial charge is 0.312 e. The topological polar surface area (TPSA) is 673 Å². The lowest BCUT2D eigenvalue weighted by Gasteiger charge is -2.35. The van der Waals surface area contributed by atoms with E-state index in [0.29, 0.717) is 44.9 Å². The van der Waals surface area contributed by atoms with Crippen LogP contribution < -0.4 is 97.0 Å². The van der Waals surface area contributed by atoms with Gasteiger partial charge >= 0.3 is 12.0 Å². The minimum Gasteiger partial charge on any atom is -0.508 e. The SMILES string of the molecule is CC(C)C[C@@H]1NC(=O)[C@H](CCCNC(=N)N)NC(=O)[C@H](Cc2ccccc2)N(C)C(=O)[C@H](C)N(C)C(=O)[C@H](CCCNC(N)=O)NC(=O)[C@H](Cc2ccc(-c3ccccc3)cc2)NC(=O)[C@H](C(C)C)NC(=O)[C@H](Cc2c[nH]c3ccccc23)NC(=O)[C@H](CC(=O)O)NC(=O)[C@H](Cc2ccc(O)cc2)NC(=O)[C@H](Cc2ccccc2)NC(=O)CSC[C@@H](C(=O)NCC(N)=O)NC(=O)[C@H](CO)NC(=O)[C@H](C(C)C)NC1=O. The fraction of sp³-hybridized carbons (Fsp3) is 0.430. The first-order valence-electron chi connectivity index (χ1n) is 47.3. The van der Waals surface area contributed by atoms with Crippen molar-refractivity contribution in [3.8, 4) is 16.9 Å². The number of fused-ring (bicyclic) bond motifs is 1. The highest BCUT2D eigenvalue weighted by atomic mass is 32.2. The Bertz CT molecular complexity index is 5630. The number of guanidine groups is 1. The molecule has 8 rings (SSSR count). The number of carbonyl (C=O) groups is 18. The van der Waals surface area contributed by atoms with E-state index in [1.54, 1.807) is 143 Å². The maximum Gasteiger partial charge on any atom is 0.312 e. The number of phenolic OH excluding ortho intramolecular Hbond substituents is 1. The summed E-state index contributed by atoms with van der Waals surface area (Å²) in [6, 6.07) is 20.9. The number of para-hydroxylation sites is 1. The molecule has 1 aromatic heterocycles. The van der Waals surface area contributed by atoms with E-state index < -0.39 is 246 Å². The number of aliphatic hydroxyl groups is 1. The molecule has 26 N–H and O–H groups in total. The fourth-order valence-corrected chi connectivity index (χ4v) is 16.8. The Labute approximate surface area is 837 Å². The number of amides is 18. The summed E-state index contributed by atoms with van der Waals surface area (Å²) in [6.45, 7) is 8.92. The molecule has 1 fully saturated rings. The number of carboxylic acid groups (broad SMARTS) is 1. The van der Waals surface area contributed by atoms with Gasteiger partial charge in [0.2, 0.25) is 94.5 Å². The van der Waals surface area contributed by atoms with Crippen molar-refractivity contribution in [2.45, 2.75) is 204 Å². The second-order valence-corrected chi connectivity index (χ2v) is 37.4. The number of carboxylic acids is 1. The largest absolute Gasteiger partial charge is 0.508 e. The summed E-state index contributed by atoms with van der Waals surface area (Å²) in [4.78, 5) is 268. The molecule has 144 heavy (non-hydrogen) atoms. The van der Waals surface area contributed by atoms with Crippen LogP contribution in [0.3, 0.4) is 0 Å². The Morgan fingerprint density at radius 3 is 1.42 bits per heavy atom. The van der Waals surface area contributed by atoms with Crippen molar-refractivity contribution in [2.24, 2.45) is 35.0 Å². The summed E-state index contributed by atoms with van der Waals surface area (Å²) < 4.78 is 0. The molecule has 0 spiro atoms. The molecule has 14 atom stereocenters. The van der Waals surface area contributed by atoms with Crippen LogP contribution in [0.1, 0.15) is 115 Å². The summed E-state index contributed by atoms with van der Waals surface area (Å²) in [5.74, 6) is -21.8. The number of thioether (sulfide) groups is 1. The van der Waals surface area contributed by atoms with Gasteiger partial charge in [0.05, 0.1) is 25.3 Å². The molecule has 0 radical (unpaired) electrons. The number of aliphatic carboxylic acids is 1. The number of carbonyl (C=O) groups excluding carboxylic acids is 17. The van der Waals surface area contributed by atoms with Crippen molar-refractivity contribution in [3.05, 3.63) is 198 Å². The number of nitrogens with zero attached hydrogens (tertiary/aromatic N) is 2. The Morgan fingerprint density at radius 1 is 0.451 bits per heavy atom. The number of nitrogens with two attached hydrogens (primary N) is 3. The predicted octanol–water partition coefficient (Wildman–Crippen LogP) is -0.570. The van der Waals surface area contributed by atoms with Crippen LogP contribution in [0.2, 0.25) is 0 Å². The second-order valence-electron chi connectivity index (χ2n) is 36.3. The Hall–Kier alpha value is -15.5.